The molecule has 1 aliphatic rings. The average molecular weight is 347 g/mol. The van der Waals surface area contributed by atoms with Crippen LogP contribution in [0.5, 0.6) is 0 Å². The van der Waals surface area contributed by atoms with Crippen LogP contribution < -0.4 is 5.73 Å². The van der Waals surface area contributed by atoms with Crippen LogP contribution in [0.25, 0.3) is 10.9 Å². The topological polar surface area (TPSA) is 68.3 Å². The van der Waals surface area contributed by atoms with Crippen molar-refractivity contribution < 1.29 is 9.59 Å². The molecule has 1 aliphatic heterocycles. The van der Waals surface area contributed by atoms with Gasteiger partial charge < -0.3 is 15.2 Å². The second kappa shape index (κ2) is 6.67. The Labute approximate surface area is 152 Å². The first kappa shape index (κ1) is 16.4. The van der Waals surface area contributed by atoms with Crippen LogP contribution in [0.15, 0.2) is 60.8 Å². The number of primary amides is 1. The van der Waals surface area contributed by atoms with Gasteiger partial charge in [0, 0.05) is 35.8 Å². The molecule has 2 amide bonds. The van der Waals surface area contributed by atoms with E-state index in [-0.39, 0.29) is 5.91 Å². The summed E-state index contributed by atoms with van der Waals surface area (Å²) >= 11 is 0. The summed E-state index contributed by atoms with van der Waals surface area (Å²) in [7, 11) is 0. The highest BCUT2D eigenvalue weighted by Gasteiger charge is 2.33. The molecular weight excluding hydrogens is 326 g/mol. The van der Waals surface area contributed by atoms with Crippen LogP contribution in [-0.4, -0.2) is 33.9 Å². The summed E-state index contributed by atoms with van der Waals surface area (Å²) in [6.45, 7) is 1.37. The third kappa shape index (κ3) is 2.96. The Morgan fingerprint density at radius 2 is 1.88 bits per heavy atom. The molecule has 2 N–H and O–H groups in total. The van der Waals surface area contributed by atoms with E-state index in [2.05, 4.69) is 16.7 Å². The number of hydrogen-bond acceptors (Lipinski definition) is 2. The van der Waals surface area contributed by atoms with Crippen LogP contribution in [0.3, 0.4) is 0 Å². The summed E-state index contributed by atoms with van der Waals surface area (Å²) in [5, 5.41) is 1.02. The molecule has 0 radical (unpaired) electrons. The predicted octanol–water partition coefficient (Wildman–Crippen LogP) is 2.78. The Morgan fingerprint density at radius 3 is 2.65 bits per heavy atom. The highest BCUT2D eigenvalue weighted by molar-refractivity contribution is 6.00. The number of carbonyl (C=O) groups is 2. The SMILES string of the molecule is NC(=O)[C@H]1CCCN1C(=O)c1ccc2c(ccn2Cc2ccccc2)c1. The van der Waals surface area contributed by atoms with E-state index in [4.69, 9.17) is 5.73 Å². The minimum absolute atomic E-state index is 0.121. The van der Waals surface area contributed by atoms with Gasteiger partial charge in [0.1, 0.15) is 6.04 Å². The lowest BCUT2D eigenvalue weighted by molar-refractivity contribution is -0.121. The smallest absolute Gasteiger partial charge is 0.254 e. The van der Waals surface area contributed by atoms with Crippen molar-refractivity contribution in [3.05, 3.63) is 71.9 Å². The fourth-order valence-electron chi connectivity index (χ4n) is 3.72. The molecule has 0 unspecified atom stereocenters. The predicted molar refractivity (Wildman–Crippen MR) is 101 cm³/mol. The molecule has 3 aromatic rings. The number of carbonyl (C=O) groups excluding carboxylic acids is 2. The van der Waals surface area contributed by atoms with E-state index in [1.165, 1.54) is 5.56 Å². The Hall–Kier alpha value is -3.08. The first-order valence-electron chi connectivity index (χ1n) is 8.86. The van der Waals surface area contributed by atoms with Crippen LogP contribution in [-0.2, 0) is 11.3 Å². The number of aromatic nitrogens is 1. The van der Waals surface area contributed by atoms with Gasteiger partial charge in [-0.15, -0.1) is 0 Å². The quantitative estimate of drug-likeness (QED) is 0.788. The maximum absolute atomic E-state index is 12.8. The van der Waals surface area contributed by atoms with E-state index in [1.807, 2.05) is 48.7 Å². The Morgan fingerprint density at radius 1 is 1.08 bits per heavy atom. The Bertz CT molecular complexity index is 962. The molecule has 1 saturated heterocycles. The van der Waals surface area contributed by atoms with Crippen molar-refractivity contribution in [3.8, 4) is 0 Å². The summed E-state index contributed by atoms with van der Waals surface area (Å²) in [6, 6.07) is 17.5. The van der Waals surface area contributed by atoms with Crippen molar-refractivity contribution in [2.75, 3.05) is 6.54 Å². The van der Waals surface area contributed by atoms with Crippen LogP contribution in [0.4, 0.5) is 0 Å². The van der Waals surface area contributed by atoms with Crippen molar-refractivity contribution in [3.63, 3.8) is 0 Å². The van der Waals surface area contributed by atoms with E-state index in [9.17, 15) is 9.59 Å². The molecule has 132 valence electrons. The zero-order valence-electron chi connectivity index (χ0n) is 14.5. The van der Waals surface area contributed by atoms with E-state index >= 15 is 0 Å². The van der Waals surface area contributed by atoms with Gasteiger partial charge in [0.2, 0.25) is 5.91 Å². The van der Waals surface area contributed by atoms with Crippen LogP contribution in [0.1, 0.15) is 28.8 Å². The first-order chi connectivity index (χ1) is 12.6. The number of benzene rings is 2. The van der Waals surface area contributed by atoms with Crippen molar-refractivity contribution in [1.82, 2.24) is 9.47 Å². The summed E-state index contributed by atoms with van der Waals surface area (Å²) in [5.74, 6) is -0.546. The van der Waals surface area contributed by atoms with Crippen molar-refractivity contribution >= 4 is 22.7 Å². The largest absolute Gasteiger partial charge is 0.368 e. The minimum atomic E-state index is -0.485. The maximum Gasteiger partial charge on any atom is 0.254 e. The van der Waals surface area contributed by atoms with Gasteiger partial charge in [0.15, 0.2) is 0 Å². The molecule has 5 heteroatoms. The number of hydrogen-bond donors (Lipinski definition) is 1. The Kier molecular flexibility index (Phi) is 4.21. The monoisotopic (exact) mass is 347 g/mol. The van der Waals surface area contributed by atoms with E-state index < -0.39 is 11.9 Å². The molecule has 2 heterocycles. The number of nitrogens with two attached hydrogens (primary N) is 1. The summed E-state index contributed by atoms with van der Waals surface area (Å²) < 4.78 is 2.17. The van der Waals surface area contributed by atoms with Gasteiger partial charge in [0.25, 0.3) is 5.91 Å². The Balaban J connectivity index is 1.60. The van der Waals surface area contributed by atoms with Gasteiger partial charge in [-0.25, -0.2) is 0 Å². The molecule has 0 spiro atoms. The second-order valence-corrected chi connectivity index (χ2v) is 6.76. The molecule has 26 heavy (non-hydrogen) atoms. The second-order valence-electron chi connectivity index (χ2n) is 6.76. The fourth-order valence-corrected chi connectivity index (χ4v) is 3.72. The zero-order valence-corrected chi connectivity index (χ0v) is 14.5. The van der Waals surface area contributed by atoms with Crippen molar-refractivity contribution in [2.45, 2.75) is 25.4 Å². The molecule has 4 rings (SSSR count). The highest BCUT2D eigenvalue weighted by Crippen LogP contribution is 2.23. The fraction of sp³-hybridized carbons (Fsp3) is 0.238. The van der Waals surface area contributed by atoms with Gasteiger partial charge in [0.05, 0.1) is 0 Å². The van der Waals surface area contributed by atoms with Crippen LogP contribution in [0.2, 0.25) is 0 Å². The third-order valence-corrected chi connectivity index (χ3v) is 5.06. The zero-order chi connectivity index (χ0) is 18.1. The lowest BCUT2D eigenvalue weighted by Gasteiger charge is -2.22. The van der Waals surface area contributed by atoms with Gasteiger partial charge >= 0.3 is 0 Å². The van der Waals surface area contributed by atoms with Gasteiger partial charge in [-0.3, -0.25) is 9.59 Å². The molecule has 0 bridgehead atoms. The normalized spacial score (nSPS) is 16.9. The van der Waals surface area contributed by atoms with Gasteiger partial charge in [-0.1, -0.05) is 30.3 Å². The number of fused-ring (bicyclic) bond motifs is 1. The summed E-state index contributed by atoms with van der Waals surface area (Å²) in [4.78, 5) is 26.0. The van der Waals surface area contributed by atoms with Crippen molar-refractivity contribution in [1.29, 1.82) is 0 Å². The first-order valence-corrected chi connectivity index (χ1v) is 8.86. The van der Waals surface area contributed by atoms with E-state index in [1.54, 1.807) is 4.90 Å². The lowest BCUT2D eigenvalue weighted by Crippen LogP contribution is -2.43. The van der Waals surface area contributed by atoms with E-state index in [0.29, 0.717) is 18.5 Å². The van der Waals surface area contributed by atoms with E-state index in [0.717, 1.165) is 23.9 Å². The standard InChI is InChI=1S/C21H21N3O2/c22-20(25)19-7-4-11-24(19)21(26)17-8-9-18-16(13-17)10-12-23(18)14-15-5-2-1-3-6-15/h1-3,5-6,8-10,12-13,19H,4,7,11,14H2,(H2,22,25)/t19-/m1/s1. The van der Waals surface area contributed by atoms with Crippen LogP contribution in [0, 0.1) is 0 Å². The highest BCUT2D eigenvalue weighted by atomic mass is 16.2. The molecule has 1 aromatic heterocycles. The molecule has 2 aromatic carbocycles. The number of rotatable bonds is 4. The van der Waals surface area contributed by atoms with Crippen LogP contribution >= 0.6 is 0 Å². The molecule has 0 saturated carbocycles. The molecule has 5 nitrogen and oxygen atoms in total. The maximum atomic E-state index is 12.8. The lowest BCUT2D eigenvalue weighted by atomic mass is 10.1. The summed E-state index contributed by atoms with van der Waals surface area (Å²) in [6.07, 6.45) is 3.50. The third-order valence-electron chi connectivity index (χ3n) is 5.06. The molecule has 1 fully saturated rings. The van der Waals surface area contributed by atoms with Gasteiger partial charge in [-0.05, 0) is 42.7 Å². The van der Waals surface area contributed by atoms with Gasteiger partial charge in [-0.2, -0.15) is 0 Å². The molecule has 1 atom stereocenters. The molecular formula is C21H21N3O2. The van der Waals surface area contributed by atoms with Crippen molar-refractivity contribution in [2.24, 2.45) is 5.73 Å². The average Bonchev–Trinajstić information content (AvgIpc) is 3.29. The summed E-state index contributed by atoms with van der Waals surface area (Å²) in [5.41, 5.74) is 8.35. The number of amides is 2. The minimum Gasteiger partial charge on any atom is -0.368 e. The number of likely N-dealkylation sites (tertiary alicyclic amines) is 1. The molecule has 0 aliphatic carbocycles. The number of nitrogens with zero attached hydrogens (tertiary/aromatic N) is 2.